The van der Waals surface area contributed by atoms with Crippen LogP contribution in [0, 0.1) is 11.3 Å². The predicted octanol–water partition coefficient (Wildman–Crippen LogP) is 3.87. The van der Waals surface area contributed by atoms with E-state index in [0.717, 1.165) is 31.2 Å². The molecule has 0 atom stereocenters. The third-order valence-corrected chi connectivity index (χ3v) is 5.41. The van der Waals surface area contributed by atoms with Gasteiger partial charge >= 0.3 is 0 Å². The van der Waals surface area contributed by atoms with E-state index in [1.54, 1.807) is 37.4 Å². The van der Waals surface area contributed by atoms with E-state index in [0.29, 0.717) is 34.1 Å². The summed E-state index contributed by atoms with van der Waals surface area (Å²) in [5, 5.41) is 25.7. The number of aliphatic hydroxyl groups excluding tert-OH is 1. The first-order valence-electron chi connectivity index (χ1n) is 9.59. The van der Waals surface area contributed by atoms with Crippen LogP contribution in [-0.4, -0.2) is 30.3 Å². The van der Waals surface area contributed by atoms with Gasteiger partial charge in [-0.3, -0.25) is 4.79 Å². The number of anilines is 1. The van der Waals surface area contributed by atoms with E-state index in [1.807, 2.05) is 6.07 Å². The number of halogens is 1. The van der Waals surface area contributed by atoms with Gasteiger partial charge in [-0.15, -0.1) is 0 Å². The Hall–Kier alpha value is -2.75. The summed E-state index contributed by atoms with van der Waals surface area (Å²) in [5.41, 5.74) is 2.38. The number of hydrogen-bond donors (Lipinski definition) is 3. The molecule has 6 nitrogen and oxygen atoms in total. The van der Waals surface area contributed by atoms with Crippen molar-refractivity contribution in [1.29, 1.82) is 5.26 Å². The van der Waals surface area contributed by atoms with Crippen molar-refractivity contribution in [2.75, 3.05) is 12.4 Å². The Bertz CT molecular complexity index is 918. The summed E-state index contributed by atoms with van der Waals surface area (Å²) in [6.45, 7) is 0.300. The summed E-state index contributed by atoms with van der Waals surface area (Å²) < 4.78 is 5.14. The van der Waals surface area contributed by atoms with Crippen molar-refractivity contribution in [2.45, 2.75) is 44.4 Å². The summed E-state index contributed by atoms with van der Waals surface area (Å²) in [6, 6.07) is 12.7. The van der Waals surface area contributed by atoms with Crippen molar-refractivity contribution < 1.29 is 14.6 Å². The zero-order valence-electron chi connectivity index (χ0n) is 16.2. The molecule has 7 heteroatoms. The van der Waals surface area contributed by atoms with Crippen LogP contribution in [0.5, 0.6) is 5.75 Å². The second-order valence-corrected chi connectivity index (χ2v) is 7.58. The van der Waals surface area contributed by atoms with Gasteiger partial charge < -0.3 is 20.5 Å². The van der Waals surface area contributed by atoms with Crippen molar-refractivity contribution in [3.8, 4) is 11.8 Å². The van der Waals surface area contributed by atoms with E-state index in [4.69, 9.17) is 16.3 Å². The highest BCUT2D eigenvalue weighted by Gasteiger charge is 2.21. The quantitative estimate of drug-likeness (QED) is 0.668. The first-order valence-corrected chi connectivity index (χ1v) is 9.97. The first kappa shape index (κ1) is 21.0. The molecule has 29 heavy (non-hydrogen) atoms. The zero-order valence-corrected chi connectivity index (χ0v) is 17.0. The van der Waals surface area contributed by atoms with Crippen LogP contribution >= 0.6 is 11.6 Å². The van der Waals surface area contributed by atoms with Crippen molar-refractivity contribution in [2.24, 2.45) is 0 Å². The van der Waals surface area contributed by atoms with Crippen molar-refractivity contribution in [3.63, 3.8) is 0 Å². The SMILES string of the molecule is COc1ccc(CNC(=O)c2cc(C#N)ccc2N[C@H]2CC[C@@H](O)CC2)cc1Cl. The molecule has 0 saturated heterocycles. The van der Waals surface area contributed by atoms with Gasteiger partial charge in [0.25, 0.3) is 5.91 Å². The number of benzene rings is 2. The smallest absolute Gasteiger partial charge is 0.253 e. The molecular weight excluding hydrogens is 390 g/mol. The molecule has 0 heterocycles. The number of aliphatic hydroxyl groups is 1. The molecule has 3 N–H and O–H groups in total. The van der Waals surface area contributed by atoms with Gasteiger partial charge in [-0.05, 0) is 61.6 Å². The number of nitriles is 1. The van der Waals surface area contributed by atoms with E-state index in [1.165, 1.54) is 0 Å². The van der Waals surface area contributed by atoms with Crippen molar-refractivity contribution >= 4 is 23.2 Å². The number of ether oxygens (including phenoxy) is 1. The number of carbonyl (C=O) groups excluding carboxylic acids is 1. The van der Waals surface area contributed by atoms with Crippen LogP contribution < -0.4 is 15.4 Å². The van der Waals surface area contributed by atoms with E-state index >= 15 is 0 Å². The number of carbonyl (C=O) groups is 1. The fourth-order valence-corrected chi connectivity index (χ4v) is 3.75. The molecule has 1 fully saturated rings. The number of methoxy groups -OCH3 is 1. The summed E-state index contributed by atoms with van der Waals surface area (Å²) in [5.74, 6) is 0.305. The number of nitrogens with zero attached hydrogens (tertiary/aromatic N) is 1. The van der Waals surface area contributed by atoms with Gasteiger partial charge in [0.2, 0.25) is 0 Å². The Kier molecular flexibility index (Phi) is 6.97. The summed E-state index contributed by atoms with van der Waals surface area (Å²) >= 11 is 6.14. The average Bonchev–Trinajstić information content (AvgIpc) is 2.74. The second kappa shape index (κ2) is 9.64. The number of hydrogen-bond acceptors (Lipinski definition) is 5. The van der Waals surface area contributed by atoms with Gasteiger partial charge in [-0.2, -0.15) is 5.26 Å². The molecule has 2 aromatic carbocycles. The van der Waals surface area contributed by atoms with E-state index in [-0.39, 0.29) is 18.1 Å². The lowest BCUT2D eigenvalue weighted by molar-refractivity contribution is 0.0951. The maximum Gasteiger partial charge on any atom is 0.253 e. The molecule has 0 aliphatic heterocycles. The average molecular weight is 414 g/mol. The Labute approximate surface area is 175 Å². The summed E-state index contributed by atoms with van der Waals surface area (Å²) in [6.07, 6.45) is 2.92. The maximum absolute atomic E-state index is 12.9. The Morgan fingerprint density at radius 3 is 2.66 bits per heavy atom. The van der Waals surface area contributed by atoms with Crippen LogP contribution in [0.25, 0.3) is 0 Å². The Morgan fingerprint density at radius 2 is 2.00 bits per heavy atom. The van der Waals surface area contributed by atoms with Gasteiger partial charge in [-0.1, -0.05) is 17.7 Å². The largest absolute Gasteiger partial charge is 0.495 e. The molecule has 0 unspecified atom stereocenters. The predicted molar refractivity (Wildman–Crippen MR) is 112 cm³/mol. The maximum atomic E-state index is 12.9. The Balaban J connectivity index is 1.72. The van der Waals surface area contributed by atoms with Crippen LogP contribution in [0.4, 0.5) is 5.69 Å². The molecule has 0 aromatic heterocycles. The molecule has 152 valence electrons. The van der Waals surface area contributed by atoms with Gasteiger partial charge in [0.05, 0.1) is 35.4 Å². The minimum absolute atomic E-state index is 0.193. The van der Waals surface area contributed by atoms with Crippen molar-refractivity contribution in [3.05, 3.63) is 58.1 Å². The lowest BCUT2D eigenvalue weighted by Gasteiger charge is -2.27. The highest BCUT2D eigenvalue weighted by Crippen LogP contribution is 2.26. The van der Waals surface area contributed by atoms with Crippen LogP contribution in [0.3, 0.4) is 0 Å². The van der Waals surface area contributed by atoms with Gasteiger partial charge in [0.1, 0.15) is 5.75 Å². The highest BCUT2D eigenvalue weighted by atomic mass is 35.5. The lowest BCUT2D eigenvalue weighted by atomic mass is 9.92. The molecule has 3 rings (SSSR count). The number of amides is 1. The molecule has 1 aliphatic rings. The number of nitrogens with one attached hydrogen (secondary N) is 2. The normalized spacial score (nSPS) is 18.6. The molecule has 1 amide bonds. The summed E-state index contributed by atoms with van der Waals surface area (Å²) in [7, 11) is 1.55. The van der Waals surface area contributed by atoms with Crippen LogP contribution in [-0.2, 0) is 6.54 Å². The molecule has 0 spiro atoms. The topological polar surface area (TPSA) is 94.4 Å². The molecule has 2 aromatic rings. The zero-order chi connectivity index (χ0) is 20.8. The minimum atomic E-state index is -0.271. The van der Waals surface area contributed by atoms with Crippen LogP contribution in [0.2, 0.25) is 5.02 Å². The van der Waals surface area contributed by atoms with E-state index in [2.05, 4.69) is 16.7 Å². The molecular formula is C22H24ClN3O3. The fourth-order valence-electron chi connectivity index (χ4n) is 3.47. The van der Waals surface area contributed by atoms with Gasteiger partial charge in [0, 0.05) is 18.3 Å². The fraction of sp³-hybridized carbons (Fsp3) is 0.364. The minimum Gasteiger partial charge on any atom is -0.495 e. The third kappa shape index (κ3) is 5.41. The first-order chi connectivity index (χ1) is 14.0. The van der Waals surface area contributed by atoms with Crippen molar-refractivity contribution in [1.82, 2.24) is 5.32 Å². The molecule has 1 saturated carbocycles. The number of rotatable bonds is 6. The highest BCUT2D eigenvalue weighted by molar-refractivity contribution is 6.32. The van der Waals surface area contributed by atoms with Gasteiger partial charge in [0.15, 0.2) is 0 Å². The molecule has 1 aliphatic carbocycles. The monoisotopic (exact) mass is 413 g/mol. The molecule has 0 radical (unpaired) electrons. The van der Waals surface area contributed by atoms with Crippen LogP contribution in [0.1, 0.15) is 47.2 Å². The third-order valence-electron chi connectivity index (χ3n) is 5.12. The van der Waals surface area contributed by atoms with E-state index in [9.17, 15) is 15.2 Å². The van der Waals surface area contributed by atoms with Crippen LogP contribution in [0.15, 0.2) is 36.4 Å². The van der Waals surface area contributed by atoms with E-state index < -0.39 is 0 Å². The second-order valence-electron chi connectivity index (χ2n) is 7.17. The standard InChI is InChI=1S/C22H24ClN3O3/c1-29-21-9-3-15(11-19(21)23)13-25-22(28)18-10-14(12-24)2-8-20(18)26-16-4-6-17(27)7-5-16/h2-3,8-11,16-17,26-27H,4-7,13H2,1H3,(H,25,28)/t16-,17+. The molecule has 0 bridgehead atoms. The lowest BCUT2D eigenvalue weighted by Crippen LogP contribution is -2.30. The van der Waals surface area contributed by atoms with Gasteiger partial charge in [-0.25, -0.2) is 0 Å². The summed E-state index contributed by atoms with van der Waals surface area (Å²) in [4.78, 5) is 12.9. The Morgan fingerprint density at radius 1 is 1.24 bits per heavy atom.